The molecule has 8 heteroatoms. The number of aromatic amines is 1. The van der Waals surface area contributed by atoms with Gasteiger partial charge in [-0.3, -0.25) is 14.9 Å². The molecular weight excluding hydrogens is 294 g/mol. The molecule has 0 bridgehead atoms. The molecule has 7 nitrogen and oxygen atoms in total. The van der Waals surface area contributed by atoms with Crippen LogP contribution in [0.3, 0.4) is 0 Å². The minimum Gasteiger partial charge on any atom is -0.388 e. The zero-order valence-corrected chi connectivity index (χ0v) is 11.4. The van der Waals surface area contributed by atoms with Crippen molar-refractivity contribution in [2.45, 2.75) is 0 Å². The van der Waals surface area contributed by atoms with Gasteiger partial charge in [0.1, 0.15) is 12.4 Å². The number of nitrogens with one attached hydrogen (secondary N) is 1. The molecule has 0 aliphatic heterocycles. The number of rotatable bonds is 4. The SMILES string of the molecule is O=C(CO)c1ccc2nc(-c3ccc([N+](=O)[O-])s3)[nH]c2c1. The van der Waals surface area contributed by atoms with E-state index in [0.717, 1.165) is 11.3 Å². The smallest absolute Gasteiger partial charge is 0.324 e. The van der Waals surface area contributed by atoms with Crippen molar-refractivity contribution in [2.24, 2.45) is 0 Å². The Labute approximate surface area is 122 Å². The first-order valence-electron chi connectivity index (χ1n) is 5.97. The van der Waals surface area contributed by atoms with Crippen LogP contribution in [0, 0.1) is 10.1 Å². The molecule has 0 radical (unpaired) electrons. The van der Waals surface area contributed by atoms with E-state index in [1.165, 1.54) is 6.07 Å². The number of thiophene rings is 1. The molecule has 0 aliphatic rings. The number of H-pyrrole nitrogens is 1. The molecule has 0 spiro atoms. The molecule has 3 rings (SSSR count). The number of aliphatic hydroxyl groups is 1. The summed E-state index contributed by atoms with van der Waals surface area (Å²) in [4.78, 5) is 29.7. The van der Waals surface area contributed by atoms with Crippen LogP contribution in [0.4, 0.5) is 5.00 Å². The van der Waals surface area contributed by atoms with Crippen molar-refractivity contribution in [3.63, 3.8) is 0 Å². The number of nitrogens with zero attached hydrogens (tertiary/aromatic N) is 2. The number of hydrogen-bond donors (Lipinski definition) is 2. The Kier molecular flexibility index (Phi) is 3.24. The summed E-state index contributed by atoms with van der Waals surface area (Å²) < 4.78 is 0. The monoisotopic (exact) mass is 303 g/mol. The lowest BCUT2D eigenvalue weighted by atomic mass is 10.1. The number of carbonyl (C=O) groups excluding carboxylic acids is 1. The summed E-state index contributed by atoms with van der Waals surface area (Å²) >= 11 is 1.02. The number of ketones is 1. The van der Waals surface area contributed by atoms with Crippen LogP contribution in [0.1, 0.15) is 10.4 Å². The number of benzene rings is 1. The zero-order chi connectivity index (χ0) is 15.0. The fourth-order valence-corrected chi connectivity index (χ4v) is 2.71. The Morgan fingerprint density at radius 2 is 2.19 bits per heavy atom. The molecule has 0 saturated heterocycles. The number of carbonyl (C=O) groups is 1. The highest BCUT2D eigenvalue weighted by atomic mass is 32.1. The van der Waals surface area contributed by atoms with Crippen LogP contribution in [0.2, 0.25) is 0 Å². The van der Waals surface area contributed by atoms with Crippen molar-refractivity contribution < 1.29 is 14.8 Å². The van der Waals surface area contributed by atoms with Crippen molar-refractivity contribution in [1.82, 2.24) is 9.97 Å². The average Bonchev–Trinajstić information content (AvgIpc) is 3.11. The second kappa shape index (κ2) is 5.08. The van der Waals surface area contributed by atoms with E-state index >= 15 is 0 Å². The highest BCUT2D eigenvalue weighted by Crippen LogP contribution is 2.32. The van der Waals surface area contributed by atoms with Gasteiger partial charge < -0.3 is 10.1 Å². The highest BCUT2D eigenvalue weighted by molar-refractivity contribution is 7.18. The molecule has 21 heavy (non-hydrogen) atoms. The minimum absolute atomic E-state index is 0.0432. The van der Waals surface area contributed by atoms with Gasteiger partial charge in [0.05, 0.1) is 20.8 Å². The summed E-state index contributed by atoms with van der Waals surface area (Å²) in [6, 6.07) is 7.91. The summed E-state index contributed by atoms with van der Waals surface area (Å²) in [7, 11) is 0. The van der Waals surface area contributed by atoms with Crippen LogP contribution in [0.5, 0.6) is 0 Å². The third-order valence-electron chi connectivity index (χ3n) is 2.95. The number of Topliss-reactive ketones (excluding diaryl/α,β-unsaturated/α-hetero) is 1. The third-order valence-corrected chi connectivity index (χ3v) is 4.00. The first-order chi connectivity index (χ1) is 10.1. The molecule has 0 atom stereocenters. The Hall–Kier alpha value is -2.58. The van der Waals surface area contributed by atoms with Gasteiger partial charge in [0, 0.05) is 11.6 Å². The van der Waals surface area contributed by atoms with Crippen molar-refractivity contribution in [3.8, 4) is 10.7 Å². The predicted octanol–water partition coefficient (Wildman–Crippen LogP) is 2.37. The maximum atomic E-state index is 11.5. The molecule has 106 valence electrons. The van der Waals surface area contributed by atoms with Gasteiger partial charge >= 0.3 is 5.00 Å². The standard InChI is InChI=1S/C13H9N3O4S/c17-6-10(18)7-1-2-8-9(5-7)15-13(14-8)11-3-4-12(21-11)16(19)20/h1-5,17H,6H2,(H,14,15). The van der Waals surface area contributed by atoms with E-state index in [9.17, 15) is 14.9 Å². The lowest BCUT2D eigenvalue weighted by molar-refractivity contribution is -0.380. The number of fused-ring (bicyclic) bond motifs is 1. The van der Waals surface area contributed by atoms with Gasteiger partial charge in [-0.05, 0) is 24.3 Å². The van der Waals surface area contributed by atoms with E-state index in [1.54, 1.807) is 24.3 Å². The summed E-state index contributed by atoms with van der Waals surface area (Å²) in [5.41, 5.74) is 1.67. The van der Waals surface area contributed by atoms with Crippen LogP contribution >= 0.6 is 11.3 Å². The lowest BCUT2D eigenvalue weighted by Crippen LogP contribution is -2.03. The van der Waals surface area contributed by atoms with Crippen molar-refractivity contribution in [3.05, 3.63) is 46.0 Å². The van der Waals surface area contributed by atoms with Gasteiger partial charge in [0.2, 0.25) is 0 Å². The maximum absolute atomic E-state index is 11.5. The molecule has 2 N–H and O–H groups in total. The Morgan fingerprint density at radius 1 is 1.38 bits per heavy atom. The van der Waals surface area contributed by atoms with E-state index in [0.29, 0.717) is 27.3 Å². The summed E-state index contributed by atoms with van der Waals surface area (Å²) in [6.45, 7) is -0.552. The highest BCUT2D eigenvalue weighted by Gasteiger charge is 2.14. The van der Waals surface area contributed by atoms with E-state index in [-0.39, 0.29) is 10.8 Å². The van der Waals surface area contributed by atoms with Gasteiger partial charge in [0.25, 0.3) is 0 Å². The lowest BCUT2D eigenvalue weighted by Gasteiger charge is -1.96. The first kappa shape index (κ1) is 13.4. The van der Waals surface area contributed by atoms with Gasteiger partial charge in [-0.1, -0.05) is 11.3 Å². The van der Waals surface area contributed by atoms with Gasteiger partial charge in [0.15, 0.2) is 5.78 Å². The van der Waals surface area contributed by atoms with Crippen molar-refractivity contribution >= 4 is 33.2 Å². The number of imidazole rings is 1. The molecule has 2 aromatic heterocycles. The van der Waals surface area contributed by atoms with Crippen molar-refractivity contribution in [1.29, 1.82) is 0 Å². The molecule has 1 aromatic carbocycles. The molecule has 3 aromatic rings. The Balaban J connectivity index is 2.03. The molecule has 0 fully saturated rings. The van der Waals surface area contributed by atoms with E-state index in [2.05, 4.69) is 9.97 Å². The first-order valence-corrected chi connectivity index (χ1v) is 6.78. The Morgan fingerprint density at radius 3 is 2.86 bits per heavy atom. The van der Waals surface area contributed by atoms with E-state index in [4.69, 9.17) is 5.11 Å². The van der Waals surface area contributed by atoms with Crippen LogP contribution in [0.25, 0.3) is 21.7 Å². The zero-order valence-electron chi connectivity index (χ0n) is 10.6. The fraction of sp³-hybridized carbons (Fsp3) is 0.0769. The number of nitro groups is 1. The second-order valence-corrected chi connectivity index (χ2v) is 5.36. The Bertz CT molecular complexity index is 852. The summed E-state index contributed by atoms with van der Waals surface area (Å²) in [5.74, 6) is 0.136. The summed E-state index contributed by atoms with van der Waals surface area (Å²) in [6.07, 6.45) is 0. The van der Waals surface area contributed by atoms with Crippen LogP contribution < -0.4 is 0 Å². The quantitative estimate of drug-likeness (QED) is 0.437. The minimum atomic E-state index is -0.552. The topological polar surface area (TPSA) is 109 Å². The van der Waals surface area contributed by atoms with Crippen LogP contribution in [0.15, 0.2) is 30.3 Å². The molecular formula is C13H9N3O4S. The average molecular weight is 303 g/mol. The van der Waals surface area contributed by atoms with E-state index < -0.39 is 11.5 Å². The molecule has 0 aliphatic carbocycles. The number of aromatic nitrogens is 2. The van der Waals surface area contributed by atoms with Gasteiger partial charge in [-0.25, -0.2) is 4.98 Å². The van der Waals surface area contributed by atoms with Crippen molar-refractivity contribution in [2.75, 3.05) is 6.61 Å². The second-order valence-electron chi connectivity index (χ2n) is 4.29. The van der Waals surface area contributed by atoms with Crippen LogP contribution in [-0.2, 0) is 0 Å². The fourth-order valence-electron chi connectivity index (χ4n) is 1.94. The number of aliphatic hydroxyl groups excluding tert-OH is 1. The predicted molar refractivity (Wildman–Crippen MR) is 77.5 cm³/mol. The summed E-state index contributed by atoms with van der Waals surface area (Å²) in [5, 5.41) is 19.6. The molecule has 0 saturated carbocycles. The van der Waals surface area contributed by atoms with Crippen LogP contribution in [-0.4, -0.2) is 32.4 Å². The van der Waals surface area contributed by atoms with Gasteiger partial charge in [-0.2, -0.15) is 0 Å². The molecule has 0 amide bonds. The third kappa shape index (κ3) is 2.41. The largest absolute Gasteiger partial charge is 0.388 e. The van der Waals surface area contributed by atoms with Gasteiger partial charge in [-0.15, -0.1) is 0 Å². The normalized spacial score (nSPS) is 10.9. The molecule has 2 heterocycles. The number of hydrogen-bond acceptors (Lipinski definition) is 6. The van der Waals surface area contributed by atoms with E-state index in [1.807, 2.05) is 0 Å². The molecule has 0 unspecified atom stereocenters. The maximum Gasteiger partial charge on any atom is 0.324 e.